The van der Waals surface area contributed by atoms with Crippen LogP contribution in [0.5, 0.6) is 0 Å². The number of alkyl halides is 1. The van der Waals surface area contributed by atoms with Gasteiger partial charge in [0.1, 0.15) is 16.3 Å². The molecule has 7 heteroatoms. The third-order valence-corrected chi connectivity index (χ3v) is 4.23. The van der Waals surface area contributed by atoms with Crippen molar-refractivity contribution < 1.29 is 0 Å². The molecule has 4 nitrogen and oxygen atoms in total. The Hall–Kier alpha value is -1.17. The zero-order chi connectivity index (χ0) is 13.4. The molecule has 0 aliphatic heterocycles. The summed E-state index contributed by atoms with van der Waals surface area (Å²) in [4.78, 5) is 13.0. The molecular weight excluding hydrogens is 303 g/mol. The van der Waals surface area contributed by atoms with Crippen molar-refractivity contribution in [1.82, 2.24) is 19.5 Å². The Balaban J connectivity index is 2.15. The van der Waals surface area contributed by atoms with Gasteiger partial charge in [0.15, 0.2) is 0 Å². The van der Waals surface area contributed by atoms with E-state index in [0.29, 0.717) is 17.4 Å². The molecule has 98 valence electrons. The summed E-state index contributed by atoms with van der Waals surface area (Å²) in [6, 6.07) is 0. The second-order valence-electron chi connectivity index (χ2n) is 4.12. The van der Waals surface area contributed by atoms with E-state index in [-0.39, 0.29) is 0 Å². The van der Waals surface area contributed by atoms with Crippen molar-refractivity contribution >= 4 is 45.6 Å². The third kappa shape index (κ3) is 2.33. The maximum Gasteiger partial charge on any atom is 0.125 e. The molecular formula is C12H10Cl2N4S. The van der Waals surface area contributed by atoms with Gasteiger partial charge in [-0.05, 0) is 6.92 Å². The van der Waals surface area contributed by atoms with E-state index in [9.17, 15) is 0 Å². The lowest BCUT2D eigenvalue weighted by molar-refractivity contribution is 0.771. The summed E-state index contributed by atoms with van der Waals surface area (Å²) in [5, 5.41) is 3.61. The number of pyridine rings is 1. The molecule has 0 bridgehead atoms. The zero-order valence-electron chi connectivity index (χ0n) is 10.1. The van der Waals surface area contributed by atoms with Crippen LogP contribution in [0.25, 0.3) is 11.0 Å². The van der Waals surface area contributed by atoms with Gasteiger partial charge in [0, 0.05) is 17.3 Å². The van der Waals surface area contributed by atoms with Crippen LogP contribution >= 0.6 is 34.5 Å². The number of hydrogen-bond donors (Lipinski definition) is 0. The molecule has 19 heavy (non-hydrogen) atoms. The molecule has 3 rings (SSSR count). The van der Waals surface area contributed by atoms with Gasteiger partial charge in [-0.15, -0.1) is 22.9 Å². The Morgan fingerprint density at radius 1 is 1.32 bits per heavy atom. The van der Waals surface area contributed by atoms with Crippen LogP contribution in [0, 0.1) is 6.92 Å². The van der Waals surface area contributed by atoms with Crippen LogP contribution in [-0.2, 0) is 12.4 Å². The molecule has 3 heterocycles. The van der Waals surface area contributed by atoms with Crippen LogP contribution in [0.2, 0.25) is 5.02 Å². The summed E-state index contributed by atoms with van der Waals surface area (Å²) in [7, 11) is 0. The van der Waals surface area contributed by atoms with Gasteiger partial charge in [0.2, 0.25) is 0 Å². The number of halogens is 2. The SMILES string of the molecule is Cc1csc(Cn2c(CCl)nc3cncc(Cl)c32)n1. The van der Waals surface area contributed by atoms with Crippen LogP contribution in [0.15, 0.2) is 17.8 Å². The van der Waals surface area contributed by atoms with E-state index in [1.54, 1.807) is 23.7 Å². The van der Waals surface area contributed by atoms with Crippen LogP contribution in [0.1, 0.15) is 16.5 Å². The lowest BCUT2D eigenvalue weighted by Gasteiger charge is -2.06. The van der Waals surface area contributed by atoms with E-state index in [2.05, 4.69) is 15.0 Å². The van der Waals surface area contributed by atoms with Gasteiger partial charge in [-0.3, -0.25) is 4.98 Å². The number of aromatic nitrogens is 4. The Kier molecular flexibility index (Phi) is 3.43. The van der Waals surface area contributed by atoms with Gasteiger partial charge in [-0.25, -0.2) is 9.97 Å². The van der Waals surface area contributed by atoms with Gasteiger partial charge in [-0.1, -0.05) is 11.6 Å². The standard InChI is InChI=1S/C12H10Cl2N4S/c1-7-6-19-11(16-7)5-18-10(2-13)17-9-4-15-3-8(14)12(9)18/h3-4,6H,2,5H2,1H3. The molecule has 0 N–H and O–H groups in total. The second-order valence-corrected chi connectivity index (χ2v) is 5.74. The fraction of sp³-hybridized carbons (Fsp3) is 0.250. The molecule has 0 amide bonds. The molecule has 0 fully saturated rings. The molecule has 0 aliphatic carbocycles. The molecule has 0 saturated carbocycles. The highest BCUT2D eigenvalue weighted by molar-refractivity contribution is 7.09. The van der Waals surface area contributed by atoms with Crippen molar-refractivity contribution in [3.8, 4) is 0 Å². The van der Waals surface area contributed by atoms with E-state index in [1.807, 2.05) is 16.9 Å². The highest BCUT2D eigenvalue weighted by atomic mass is 35.5. The van der Waals surface area contributed by atoms with E-state index < -0.39 is 0 Å². The van der Waals surface area contributed by atoms with Gasteiger partial charge in [0.05, 0.1) is 29.2 Å². The number of hydrogen-bond acceptors (Lipinski definition) is 4. The van der Waals surface area contributed by atoms with Crippen molar-refractivity contribution in [2.45, 2.75) is 19.3 Å². The first kappa shape index (κ1) is 12.8. The Labute approximate surface area is 124 Å². The number of fused-ring (bicyclic) bond motifs is 1. The highest BCUT2D eigenvalue weighted by Crippen LogP contribution is 2.25. The maximum atomic E-state index is 6.22. The predicted octanol–water partition coefficient (Wildman–Crippen LogP) is 3.64. The zero-order valence-corrected chi connectivity index (χ0v) is 12.4. The summed E-state index contributed by atoms with van der Waals surface area (Å²) < 4.78 is 2.00. The van der Waals surface area contributed by atoms with E-state index in [1.165, 1.54) is 0 Å². The molecule has 0 saturated heterocycles. The summed E-state index contributed by atoms with van der Waals surface area (Å²) in [5.74, 6) is 1.11. The summed E-state index contributed by atoms with van der Waals surface area (Å²) in [6.07, 6.45) is 3.31. The van der Waals surface area contributed by atoms with Crippen LogP contribution in [-0.4, -0.2) is 19.5 Å². The second kappa shape index (κ2) is 5.07. The normalized spacial score (nSPS) is 11.3. The number of thiazole rings is 1. The number of nitrogens with zero attached hydrogens (tertiary/aromatic N) is 4. The van der Waals surface area contributed by atoms with E-state index in [4.69, 9.17) is 23.2 Å². The number of rotatable bonds is 3. The van der Waals surface area contributed by atoms with E-state index >= 15 is 0 Å². The lowest BCUT2D eigenvalue weighted by atomic mass is 10.4. The minimum atomic E-state index is 0.329. The third-order valence-electron chi connectivity index (χ3n) is 2.76. The maximum absolute atomic E-state index is 6.22. The van der Waals surface area contributed by atoms with Gasteiger partial charge < -0.3 is 4.57 Å². The summed E-state index contributed by atoms with van der Waals surface area (Å²) >= 11 is 13.8. The molecule has 0 aromatic carbocycles. The van der Waals surface area contributed by atoms with Gasteiger partial charge in [-0.2, -0.15) is 0 Å². The average Bonchev–Trinajstić information content (AvgIpc) is 2.95. The molecule has 0 aliphatic rings. The number of aryl methyl sites for hydroxylation is 1. The van der Waals surface area contributed by atoms with Crippen molar-refractivity contribution in [2.24, 2.45) is 0 Å². The number of imidazole rings is 1. The first-order valence-electron chi connectivity index (χ1n) is 5.64. The molecule has 0 unspecified atom stereocenters. The van der Waals surface area contributed by atoms with Crippen LogP contribution in [0.3, 0.4) is 0 Å². The molecule has 0 spiro atoms. The molecule has 0 atom stereocenters. The molecule has 3 aromatic heterocycles. The fourth-order valence-corrected chi connectivity index (χ4v) is 3.20. The fourth-order valence-electron chi connectivity index (χ4n) is 1.98. The van der Waals surface area contributed by atoms with Crippen molar-refractivity contribution in [2.75, 3.05) is 0 Å². The van der Waals surface area contributed by atoms with Crippen molar-refractivity contribution in [3.63, 3.8) is 0 Å². The summed E-state index contributed by atoms with van der Waals surface area (Å²) in [5.41, 5.74) is 2.64. The van der Waals surface area contributed by atoms with Gasteiger partial charge >= 0.3 is 0 Å². The topological polar surface area (TPSA) is 43.6 Å². The molecule has 3 aromatic rings. The van der Waals surface area contributed by atoms with Crippen molar-refractivity contribution in [3.05, 3.63) is 39.3 Å². The minimum Gasteiger partial charge on any atom is -0.319 e. The van der Waals surface area contributed by atoms with E-state index in [0.717, 1.165) is 27.6 Å². The van der Waals surface area contributed by atoms with Crippen LogP contribution < -0.4 is 0 Å². The molecule has 0 radical (unpaired) electrons. The first-order chi connectivity index (χ1) is 9.19. The van der Waals surface area contributed by atoms with Gasteiger partial charge in [0.25, 0.3) is 0 Å². The Bertz CT molecular complexity index is 734. The Morgan fingerprint density at radius 2 is 2.16 bits per heavy atom. The quantitative estimate of drug-likeness (QED) is 0.693. The average molecular weight is 313 g/mol. The van der Waals surface area contributed by atoms with Crippen molar-refractivity contribution in [1.29, 1.82) is 0 Å². The lowest BCUT2D eigenvalue weighted by Crippen LogP contribution is -2.04. The predicted molar refractivity (Wildman–Crippen MR) is 78.0 cm³/mol. The first-order valence-corrected chi connectivity index (χ1v) is 7.44. The largest absolute Gasteiger partial charge is 0.319 e. The minimum absolute atomic E-state index is 0.329. The monoisotopic (exact) mass is 312 g/mol. The Morgan fingerprint density at radius 3 is 2.84 bits per heavy atom. The smallest absolute Gasteiger partial charge is 0.125 e. The summed E-state index contributed by atoms with van der Waals surface area (Å²) in [6.45, 7) is 2.60. The highest BCUT2D eigenvalue weighted by Gasteiger charge is 2.14. The van der Waals surface area contributed by atoms with Crippen LogP contribution in [0.4, 0.5) is 0 Å².